The Morgan fingerprint density at radius 3 is 2.66 bits per heavy atom. The molecule has 1 saturated heterocycles. The maximum atomic E-state index is 11.3. The number of benzene rings is 1. The van der Waals surface area contributed by atoms with Gasteiger partial charge >= 0.3 is 0 Å². The van der Waals surface area contributed by atoms with E-state index in [1.165, 1.54) is 28.6 Å². The number of hydrogen-bond acceptors (Lipinski definition) is 4. The number of fused-ring (bicyclic) bond motifs is 3. The molecule has 1 aromatic heterocycles. The van der Waals surface area contributed by atoms with Gasteiger partial charge in [0.15, 0.2) is 5.79 Å². The normalized spacial score (nSPS) is 24.1. The van der Waals surface area contributed by atoms with E-state index < -0.39 is 11.4 Å². The first kappa shape index (κ1) is 19.8. The Balaban J connectivity index is 1.55. The number of nitrogens with zero attached hydrogens (tertiary/aromatic N) is 2. The van der Waals surface area contributed by atoms with Gasteiger partial charge in [0, 0.05) is 41.1 Å². The molecule has 2 aliphatic heterocycles. The van der Waals surface area contributed by atoms with E-state index in [-0.39, 0.29) is 0 Å². The molecule has 1 N–H and O–H groups in total. The lowest BCUT2D eigenvalue weighted by atomic mass is 9.80. The summed E-state index contributed by atoms with van der Waals surface area (Å²) in [7, 11) is 2.17. The van der Waals surface area contributed by atoms with Crippen LogP contribution in [0.1, 0.15) is 49.8 Å². The minimum atomic E-state index is -0.762. The Labute approximate surface area is 177 Å². The van der Waals surface area contributed by atoms with Gasteiger partial charge in [-0.1, -0.05) is 30.9 Å². The summed E-state index contributed by atoms with van der Waals surface area (Å²) in [5.74, 6) is -0.762. The first-order valence-electron chi connectivity index (χ1n) is 11.0. The van der Waals surface area contributed by atoms with Crippen LogP contribution in [0.15, 0.2) is 18.2 Å². The number of likely N-dealkylation sites (N-methyl/N-ethyl adjacent to an activating group) is 1. The van der Waals surface area contributed by atoms with E-state index in [1.807, 2.05) is 6.07 Å². The molecular formula is C23H31ClN2O3. The van der Waals surface area contributed by atoms with Crippen molar-refractivity contribution < 1.29 is 14.6 Å². The molecule has 2 aromatic rings. The van der Waals surface area contributed by atoms with E-state index in [4.69, 9.17) is 21.1 Å². The van der Waals surface area contributed by atoms with E-state index in [1.54, 1.807) is 0 Å². The largest absolute Gasteiger partial charge is 0.390 e. The predicted molar refractivity (Wildman–Crippen MR) is 114 cm³/mol. The van der Waals surface area contributed by atoms with Gasteiger partial charge in [0.25, 0.3) is 0 Å². The molecule has 6 heteroatoms. The van der Waals surface area contributed by atoms with E-state index >= 15 is 0 Å². The maximum absolute atomic E-state index is 11.3. The molecule has 1 aliphatic carbocycles. The summed E-state index contributed by atoms with van der Waals surface area (Å²) in [5.41, 5.74) is 3.21. The van der Waals surface area contributed by atoms with E-state index in [2.05, 4.69) is 28.6 Å². The smallest absolute Gasteiger partial charge is 0.189 e. The lowest BCUT2D eigenvalue weighted by Gasteiger charge is -2.40. The third kappa shape index (κ3) is 3.72. The van der Waals surface area contributed by atoms with Crippen LogP contribution >= 0.6 is 11.6 Å². The molecule has 158 valence electrons. The van der Waals surface area contributed by atoms with Crippen molar-refractivity contribution in [1.82, 2.24) is 9.47 Å². The standard InChI is InChI=1S/C23H31ClN2O3/c1-25-10-7-18-19-13-17(24)5-6-20(19)26(21(18)14-25)16-23(28-11-12-29-23)15-22(27)8-3-2-4-9-22/h5-6,13,27H,2-4,7-12,14-16H2,1H3. The Morgan fingerprint density at radius 2 is 1.90 bits per heavy atom. The third-order valence-electron chi connectivity index (χ3n) is 7.01. The molecule has 0 amide bonds. The van der Waals surface area contributed by atoms with Crippen LogP contribution in [0.4, 0.5) is 0 Å². The van der Waals surface area contributed by atoms with Crippen molar-refractivity contribution in [2.45, 2.75) is 69.4 Å². The fourth-order valence-electron chi connectivity index (χ4n) is 5.60. The quantitative estimate of drug-likeness (QED) is 0.811. The number of aromatic nitrogens is 1. The molecule has 1 aromatic carbocycles. The lowest BCUT2D eigenvalue weighted by Crippen LogP contribution is -2.46. The van der Waals surface area contributed by atoms with Crippen LogP contribution in [-0.2, 0) is 29.0 Å². The van der Waals surface area contributed by atoms with Crippen molar-refractivity contribution in [2.24, 2.45) is 0 Å². The zero-order valence-electron chi connectivity index (χ0n) is 17.3. The Bertz CT molecular complexity index is 897. The van der Waals surface area contributed by atoms with Crippen LogP contribution < -0.4 is 0 Å². The molecular weight excluding hydrogens is 388 g/mol. The van der Waals surface area contributed by atoms with Crippen LogP contribution in [0.5, 0.6) is 0 Å². The monoisotopic (exact) mass is 418 g/mol. The molecule has 1 saturated carbocycles. The number of ether oxygens (including phenoxy) is 2. The Morgan fingerprint density at radius 1 is 1.14 bits per heavy atom. The summed E-state index contributed by atoms with van der Waals surface area (Å²) in [6.45, 7) is 3.74. The van der Waals surface area contributed by atoms with Crippen LogP contribution in [-0.4, -0.2) is 52.8 Å². The maximum Gasteiger partial charge on any atom is 0.189 e. The van der Waals surface area contributed by atoms with Crippen LogP contribution in [0.3, 0.4) is 0 Å². The van der Waals surface area contributed by atoms with Crippen LogP contribution in [0, 0.1) is 0 Å². The summed E-state index contributed by atoms with van der Waals surface area (Å²) < 4.78 is 14.8. The van der Waals surface area contributed by atoms with Gasteiger partial charge in [-0.25, -0.2) is 0 Å². The zero-order chi connectivity index (χ0) is 20.1. The highest BCUT2D eigenvalue weighted by Crippen LogP contribution is 2.41. The molecule has 3 aliphatic rings. The lowest BCUT2D eigenvalue weighted by molar-refractivity contribution is -0.207. The van der Waals surface area contributed by atoms with Crippen molar-refractivity contribution in [3.63, 3.8) is 0 Å². The molecule has 2 fully saturated rings. The summed E-state index contributed by atoms with van der Waals surface area (Å²) in [5, 5.41) is 13.3. The molecule has 0 spiro atoms. The van der Waals surface area contributed by atoms with Crippen molar-refractivity contribution in [1.29, 1.82) is 0 Å². The SMILES string of the molecule is CN1CCc2c(n(CC3(CC4(O)CCCCC4)OCCO3)c3ccc(Cl)cc23)C1. The second-order valence-electron chi connectivity index (χ2n) is 9.23. The van der Waals surface area contributed by atoms with Gasteiger partial charge in [0.1, 0.15) is 0 Å². The third-order valence-corrected chi connectivity index (χ3v) is 7.24. The first-order chi connectivity index (χ1) is 14.0. The highest BCUT2D eigenvalue weighted by Gasteiger charge is 2.46. The molecule has 0 radical (unpaired) electrons. The number of halogens is 1. The molecule has 0 unspecified atom stereocenters. The fourth-order valence-corrected chi connectivity index (χ4v) is 5.77. The van der Waals surface area contributed by atoms with Gasteiger partial charge in [-0.2, -0.15) is 0 Å². The van der Waals surface area contributed by atoms with Gasteiger partial charge < -0.3 is 24.0 Å². The number of aliphatic hydroxyl groups is 1. The second-order valence-corrected chi connectivity index (χ2v) is 9.67. The van der Waals surface area contributed by atoms with Gasteiger partial charge in [-0.3, -0.25) is 0 Å². The molecule has 3 heterocycles. The van der Waals surface area contributed by atoms with E-state index in [0.29, 0.717) is 26.2 Å². The number of rotatable bonds is 4. The van der Waals surface area contributed by atoms with Crippen molar-refractivity contribution in [3.05, 3.63) is 34.5 Å². The fraction of sp³-hybridized carbons (Fsp3) is 0.652. The zero-order valence-corrected chi connectivity index (χ0v) is 18.0. The predicted octanol–water partition coefficient (Wildman–Crippen LogP) is 4.11. The minimum Gasteiger partial charge on any atom is -0.390 e. The summed E-state index contributed by atoms with van der Waals surface area (Å²) >= 11 is 6.34. The van der Waals surface area contributed by atoms with Crippen molar-refractivity contribution in [3.8, 4) is 0 Å². The molecule has 5 rings (SSSR count). The van der Waals surface area contributed by atoms with E-state index in [0.717, 1.165) is 50.2 Å². The minimum absolute atomic E-state index is 0.540. The average molecular weight is 419 g/mol. The summed E-state index contributed by atoms with van der Waals surface area (Å²) in [6.07, 6.45) is 6.61. The van der Waals surface area contributed by atoms with Gasteiger partial charge in [0.2, 0.25) is 0 Å². The van der Waals surface area contributed by atoms with Gasteiger partial charge in [-0.15, -0.1) is 0 Å². The first-order valence-corrected chi connectivity index (χ1v) is 11.3. The Kier molecular flexibility index (Phi) is 5.16. The average Bonchev–Trinajstić information content (AvgIpc) is 3.25. The summed E-state index contributed by atoms with van der Waals surface area (Å²) in [4.78, 5) is 2.36. The Hall–Kier alpha value is -1.11. The molecule has 5 nitrogen and oxygen atoms in total. The molecule has 0 atom stereocenters. The van der Waals surface area contributed by atoms with E-state index in [9.17, 15) is 5.11 Å². The van der Waals surface area contributed by atoms with Crippen molar-refractivity contribution in [2.75, 3.05) is 26.8 Å². The van der Waals surface area contributed by atoms with Crippen molar-refractivity contribution >= 4 is 22.5 Å². The number of hydrogen-bond donors (Lipinski definition) is 1. The highest BCUT2D eigenvalue weighted by molar-refractivity contribution is 6.31. The summed E-state index contributed by atoms with van der Waals surface area (Å²) in [6, 6.07) is 6.18. The molecule has 0 bridgehead atoms. The highest BCUT2D eigenvalue weighted by atomic mass is 35.5. The van der Waals surface area contributed by atoms with Crippen LogP contribution in [0.2, 0.25) is 5.02 Å². The van der Waals surface area contributed by atoms with Crippen LogP contribution in [0.25, 0.3) is 10.9 Å². The topological polar surface area (TPSA) is 46.9 Å². The van der Waals surface area contributed by atoms with Gasteiger partial charge in [-0.05, 0) is 50.1 Å². The molecule has 29 heavy (non-hydrogen) atoms. The van der Waals surface area contributed by atoms with Gasteiger partial charge in [0.05, 0.1) is 25.4 Å². The second kappa shape index (κ2) is 7.54.